The van der Waals surface area contributed by atoms with E-state index in [1.54, 1.807) is 18.1 Å². The minimum absolute atomic E-state index is 0.274. The Morgan fingerprint density at radius 1 is 1.14 bits per heavy atom. The summed E-state index contributed by atoms with van der Waals surface area (Å²) in [6.45, 7) is 4.16. The maximum Gasteiger partial charge on any atom is 0.225 e. The van der Waals surface area contributed by atoms with Gasteiger partial charge in [0.15, 0.2) is 5.82 Å². The largest absolute Gasteiger partial charge is 0.355 e. The van der Waals surface area contributed by atoms with E-state index in [1.807, 2.05) is 0 Å². The first-order chi connectivity index (χ1) is 10.3. The molecule has 7 heteroatoms. The van der Waals surface area contributed by atoms with Crippen LogP contribution < -0.4 is 4.90 Å². The van der Waals surface area contributed by atoms with Gasteiger partial charge >= 0.3 is 0 Å². The van der Waals surface area contributed by atoms with Gasteiger partial charge in [0.25, 0.3) is 0 Å². The molecular formula is C14H18ClN5S. The highest BCUT2D eigenvalue weighted by atomic mass is 35.5. The third kappa shape index (κ3) is 3.21. The van der Waals surface area contributed by atoms with Gasteiger partial charge in [-0.2, -0.15) is 4.98 Å². The van der Waals surface area contributed by atoms with E-state index in [4.69, 9.17) is 11.6 Å². The molecule has 2 aromatic heterocycles. The number of fused-ring (bicyclic) bond motifs is 1. The first-order valence-corrected chi connectivity index (χ1v) is 8.72. The summed E-state index contributed by atoms with van der Waals surface area (Å²) < 4.78 is 0. The number of nitrogens with zero attached hydrogens (tertiary/aromatic N) is 5. The van der Waals surface area contributed by atoms with Gasteiger partial charge in [0, 0.05) is 13.1 Å². The van der Waals surface area contributed by atoms with Gasteiger partial charge in [-0.25, -0.2) is 15.0 Å². The van der Waals surface area contributed by atoms with Crippen molar-refractivity contribution in [3.8, 4) is 0 Å². The van der Waals surface area contributed by atoms with Gasteiger partial charge in [-0.05, 0) is 43.0 Å². The Bertz CT molecular complexity index is 630. The number of hydrogen-bond donors (Lipinski definition) is 0. The number of aromatic nitrogens is 4. The molecule has 0 aromatic carbocycles. The maximum atomic E-state index is 6.14. The van der Waals surface area contributed by atoms with E-state index >= 15 is 0 Å². The Balaban J connectivity index is 2.07. The number of piperidine rings is 1. The molecule has 21 heavy (non-hydrogen) atoms. The van der Waals surface area contributed by atoms with Crippen molar-refractivity contribution < 1.29 is 0 Å². The monoisotopic (exact) mass is 323 g/mol. The van der Waals surface area contributed by atoms with E-state index in [9.17, 15) is 0 Å². The first-order valence-electron chi connectivity index (χ1n) is 7.35. The number of thioether (sulfide) groups is 1. The second-order valence-electron chi connectivity index (χ2n) is 5.09. The van der Waals surface area contributed by atoms with Crippen molar-refractivity contribution in [2.75, 3.05) is 23.7 Å². The van der Waals surface area contributed by atoms with E-state index < -0.39 is 0 Å². The minimum atomic E-state index is 0.274. The van der Waals surface area contributed by atoms with Gasteiger partial charge in [0.2, 0.25) is 5.28 Å². The van der Waals surface area contributed by atoms with Crippen LogP contribution in [0.4, 0.5) is 5.82 Å². The molecule has 5 nitrogen and oxygen atoms in total. The number of anilines is 1. The average molecular weight is 324 g/mol. The van der Waals surface area contributed by atoms with Gasteiger partial charge in [-0.15, -0.1) is 11.8 Å². The topological polar surface area (TPSA) is 54.8 Å². The average Bonchev–Trinajstić information content (AvgIpc) is 2.53. The van der Waals surface area contributed by atoms with Crippen LogP contribution in [0.2, 0.25) is 5.28 Å². The summed E-state index contributed by atoms with van der Waals surface area (Å²) in [6, 6.07) is 0. The molecule has 3 rings (SSSR count). The molecule has 2 aromatic rings. The Kier molecular flexibility index (Phi) is 4.75. The van der Waals surface area contributed by atoms with Crippen LogP contribution in [0.1, 0.15) is 32.6 Å². The van der Waals surface area contributed by atoms with Crippen LogP contribution >= 0.6 is 23.4 Å². The Labute approximate surface area is 133 Å². The molecule has 3 heterocycles. The van der Waals surface area contributed by atoms with Crippen molar-refractivity contribution in [1.29, 1.82) is 0 Å². The van der Waals surface area contributed by atoms with E-state index in [-0.39, 0.29) is 5.28 Å². The predicted octanol–water partition coefficient (Wildman–Crippen LogP) is 3.57. The van der Waals surface area contributed by atoms with E-state index in [0.717, 1.165) is 47.1 Å². The molecule has 1 fully saturated rings. The van der Waals surface area contributed by atoms with E-state index in [2.05, 4.69) is 31.8 Å². The van der Waals surface area contributed by atoms with Crippen LogP contribution in [0, 0.1) is 0 Å². The third-order valence-electron chi connectivity index (χ3n) is 3.50. The molecule has 0 saturated carbocycles. The smallest absolute Gasteiger partial charge is 0.225 e. The summed E-state index contributed by atoms with van der Waals surface area (Å²) >= 11 is 7.83. The number of halogens is 1. The van der Waals surface area contributed by atoms with Crippen molar-refractivity contribution in [3.05, 3.63) is 11.6 Å². The fraction of sp³-hybridized carbons (Fsp3) is 0.571. The highest BCUT2D eigenvalue weighted by Gasteiger charge is 2.19. The van der Waals surface area contributed by atoms with Gasteiger partial charge in [0.1, 0.15) is 22.4 Å². The fourth-order valence-corrected chi connectivity index (χ4v) is 3.48. The van der Waals surface area contributed by atoms with Gasteiger partial charge < -0.3 is 4.90 Å². The SMILES string of the molecule is CCCSc1ncnc2c(N3CCCCC3)nc(Cl)nc12. The highest BCUT2D eigenvalue weighted by molar-refractivity contribution is 7.99. The minimum Gasteiger partial charge on any atom is -0.355 e. The van der Waals surface area contributed by atoms with Gasteiger partial charge in [0.05, 0.1) is 0 Å². The lowest BCUT2D eigenvalue weighted by Crippen LogP contribution is -2.30. The van der Waals surface area contributed by atoms with Crippen molar-refractivity contribution in [3.63, 3.8) is 0 Å². The van der Waals surface area contributed by atoms with E-state index in [1.165, 1.54) is 19.3 Å². The predicted molar refractivity (Wildman–Crippen MR) is 87.2 cm³/mol. The molecule has 1 aliphatic rings. The summed E-state index contributed by atoms with van der Waals surface area (Å²) in [7, 11) is 0. The summed E-state index contributed by atoms with van der Waals surface area (Å²) in [6.07, 6.45) is 6.34. The summed E-state index contributed by atoms with van der Waals surface area (Å²) in [5, 5.41) is 1.17. The zero-order valence-corrected chi connectivity index (χ0v) is 13.6. The molecule has 1 aliphatic heterocycles. The van der Waals surface area contributed by atoms with Crippen molar-refractivity contribution in [2.45, 2.75) is 37.6 Å². The van der Waals surface area contributed by atoms with Crippen LogP contribution in [-0.2, 0) is 0 Å². The molecule has 0 atom stereocenters. The summed E-state index contributed by atoms with van der Waals surface area (Å²) in [4.78, 5) is 19.8. The fourth-order valence-electron chi connectivity index (χ4n) is 2.52. The standard InChI is InChI=1S/C14H18ClN5S/c1-2-8-21-13-11-10(16-9-17-13)12(19-14(15)18-11)20-6-4-3-5-7-20/h9H,2-8H2,1H3. The normalized spacial score (nSPS) is 15.6. The van der Waals surface area contributed by atoms with E-state index in [0.29, 0.717) is 0 Å². The molecule has 0 N–H and O–H groups in total. The Hall–Kier alpha value is -1.14. The Morgan fingerprint density at radius 2 is 1.95 bits per heavy atom. The molecule has 0 amide bonds. The number of rotatable bonds is 4. The van der Waals surface area contributed by atoms with Crippen molar-refractivity contribution >= 4 is 40.2 Å². The van der Waals surface area contributed by atoms with Gasteiger partial charge in [-0.3, -0.25) is 0 Å². The lowest BCUT2D eigenvalue weighted by atomic mass is 10.1. The first kappa shape index (κ1) is 14.8. The molecule has 0 bridgehead atoms. The molecule has 0 unspecified atom stereocenters. The third-order valence-corrected chi connectivity index (χ3v) is 4.85. The van der Waals surface area contributed by atoms with Crippen molar-refractivity contribution in [1.82, 2.24) is 19.9 Å². The second-order valence-corrected chi connectivity index (χ2v) is 6.51. The molecule has 0 radical (unpaired) electrons. The van der Waals surface area contributed by atoms with Crippen molar-refractivity contribution in [2.24, 2.45) is 0 Å². The molecular weight excluding hydrogens is 306 g/mol. The number of hydrogen-bond acceptors (Lipinski definition) is 6. The highest BCUT2D eigenvalue weighted by Crippen LogP contribution is 2.30. The quantitative estimate of drug-likeness (QED) is 0.487. The van der Waals surface area contributed by atoms with Crippen LogP contribution in [0.15, 0.2) is 11.4 Å². The van der Waals surface area contributed by atoms with Crippen LogP contribution in [0.3, 0.4) is 0 Å². The maximum absolute atomic E-state index is 6.14. The molecule has 1 saturated heterocycles. The lowest BCUT2D eigenvalue weighted by molar-refractivity contribution is 0.574. The summed E-state index contributed by atoms with van der Waals surface area (Å²) in [5.41, 5.74) is 1.59. The molecule has 0 aliphatic carbocycles. The molecule has 0 spiro atoms. The zero-order chi connectivity index (χ0) is 14.7. The second kappa shape index (κ2) is 6.75. The molecule has 112 valence electrons. The summed E-state index contributed by atoms with van der Waals surface area (Å²) in [5.74, 6) is 1.86. The van der Waals surface area contributed by atoms with Crippen LogP contribution in [-0.4, -0.2) is 38.8 Å². The lowest BCUT2D eigenvalue weighted by Gasteiger charge is -2.28. The van der Waals surface area contributed by atoms with Crippen LogP contribution in [0.5, 0.6) is 0 Å². The Morgan fingerprint density at radius 3 is 2.71 bits per heavy atom. The van der Waals surface area contributed by atoms with Gasteiger partial charge in [-0.1, -0.05) is 6.92 Å². The van der Waals surface area contributed by atoms with Crippen LogP contribution in [0.25, 0.3) is 11.0 Å². The zero-order valence-electron chi connectivity index (χ0n) is 12.0.